The van der Waals surface area contributed by atoms with Crippen molar-refractivity contribution in [2.75, 3.05) is 6.61 Å². The lowest BCUT2D eigenvalue weighted by atomic mass is 9.92. The molecule has 8 heteroatoms. The van der Waals surface area contributed by atoms with Crippen molar-refractivity contribution in [1.82, 2.24) is 4.90 Å². The summed E-state index contributed by atoms with van der Waals surface area (Å²) in [6, 6.07) is 0. The number of carbonyl (C=O) groups is 2. The van der Waals surface area contributed by atoms with Gasteiger partial charge in [-0.1, -0.05) is 66.0 Å². The second-order valence-corrected chi connectivity index (χ2v) is 14.0. The number of nitrogens with zero attached hydrogens (tertiary/aromatic N) is 1. The van der Waals surface area contributed by atoms with Gasteiger partial charge in [0.15, 0.2) is 15.5 Å². The van der Waals surface area contributed by atoms with Crippen molar-refractivity contribution in [2.45, 2.75) is 70.2 Å². The van der Waals surface area contributed by atoms with Crippen molar-refractivity contribution in [3.05, 3.63) is 22.6 Å². The van der Waals surface area contributed by atoms with Crippen molar-refractivity contribution in [2.24, 2.45) is 11.8 Å². The molecule has 1 amide bonds. The maximum Gasteiger partial charge on any atom is 0.357 e. The van der Waals surface area contributed by atoms with Gasteiger partial charge in [-0.3, -0.25) is 9.69 Å². The zero-order chi connectivity index (χ0) is 21.2. The number of β-lactam (4-membered cyclic amide) rings is 1. The summed E-state index contributed by atoms with van der Waals surface area (Å²) in [7, 11) is -0.796. The number of carbonyl (C=O) groups excluding carboxylic acids is 2. The maximum atomic E-state index is 12.9. The number of hydrogen-bond donors (Lipinski definition) is 0. The fourth-order valence-electron chi connectivity index (χ4n) is 2.85. The van der Waals surface area contributed by atoms with E-state index in [-0.39, 0.29) is 34.9 Å². The lowest BCUT2D eigenvalue weighted by Gasteiger charge is -2.45. The third-order valence-electron chi connectivity index (χ3n) is 5.40. The fourth-order valence-corrected chi connectivity index (χ4v) is 7.21. The van der Waals surface area contributed by atoms with Crippen LogP contribution in [0.2, 0.25) is 5.04 Å². The van der Waals surface area contributed by atoms with E-state index in [1.165, 1.54) is 6.08 Å². The van der Waals surface area contributed by atoms with Gasteiger partial charge in [-0.15, -0.1) is 11.8 Å². The quantitative estimate of drug-likeness (QED) is 0.221. The highest BCUT2D eigenvalue weighted by Gasteiger charge is 2.58. The molecule has 2 heterocycles. The molecule has 1 unspecified atom stereocenters. The molecule has 0 N–H and O–H groups in total. The topological polar surface area (TPSA) is 55.8 Å². The number of fused-ring (bicyclic) bond motifs is 1. The Labute approximate surface area is 180 Å². The average molecular weight is 444 g/mol. The highest BCUT2D eigenvalue weighted by molar-refractivity contribution is 8.23. The Morgan fingerprint density at radius 2 is 2.00 bits per heavy atom. The van der Waals surface area contributed by atoms with Crippen LogP contribution < -0.4 is 0 Å². The van der Waals surface area contributed by atoms with Crippen LogP contribution in [0.4, 0.5) is 0 Å². The fraction of sp³-hybridized carbons (Fsp3) is 0.700. The largest absolute Gasteiger partial charge is 0.457 e. The molecule has 0 radical (unpaired) electrons. The number of ether oxygens (including phenoxy) is 1. The van der Waals surface area contributed by atoms with Crippen molar-refractivity contribution >= 4 is 45.2 Å². The Morgan fingerprint density at radius 1 is 1.36 bits per heavy atom. The van der Waals surface area contributed by atoms with Crippen molar-refractivity contribution in [1.29, 1.82) is 0 Å². The van der Waals surface area contributed by atoms with Crippen LogP contribution in [0.15, 0.2) is 22.6 Å². The first-order valence-corrected chi connectivity index (χ1v) is 12.9. The highest BCUT2D eigenvalue weighted by atomic mass is 32.2. The Balaban J connectivity index is 2.11. The van der Waals surface area contributed by atoms with Crippen LogP contribution >= 0.6 is 23.5 Å². The third-order valence-corrected chi connectivity index (χ3v) is 10.3. The molecule has 28 heavy (non-hydrogen) atoms. The predicted octanol–water partition coefficient (Wildman–Crippen LogP) is 3.90. The summed E-state index contributed by atoms with van der Waals surface area (Å²) in [5, 5.41) is 0.413. The molecule has 3 atom stereocenters. The lowest BCUT2D eigenvalue weighted by molar-refractivity contribution is -0.157. The van der Waals surface area contributed by atoms with Crippen molar-refractivity contribution in [3.8, 4) is 0 Å². The van der Waals surface area contributed by atoms with Gasteiger partial charge in [-0.25, -0.2) is 4.79 Å². The Hall–Kier alpha value is -0.703. The minimum atomic E-state index is -0.796. The monoisotopic (exact) mass is 443 g/mol. The van der Waals surface area contributed by atoms with Crippen LogP contribution in [0.25, 0.3) is 0 Å². The Bertz CT molecular complexity index is 663. The number of amides is 1. The number of thioether (sulfide) groups is 2. The molecule has 2 aliphatic heterocycles. The maximum absolute atomic E-state index is 12.9. The summed E-state index contributed by atoms with van der Waals surface area (Å²) < 4.78 is 12.4. The predicted molar refractivity (Wildman–Crippen MR) is 121 cm³/mol. The van der Waals surface area contributed by atoms with E-state index in [0.29, 0.717) is 16.9 Å². The molecule has 0 aliphatic carbocycles. The molecule has 0 spiro atoms. The van der Waals surface area contributed by atoms with E-state index in [2.05, 4.69) is 48.1 Å². The van der Waals surface area contributed by atoms with E-state index >= 15 is 0 Å². The first-order chi connectivity index (χ1) is 13.0. The van der Waals surface area contributed by atoms with Crippen LogP contribution in [0.3, 0.4) is 0 Å². The lowest BCUT2D eigenvalue weighted by Crippen LogP contribution is -2.61. The van der Waals surface area contributed by atoms with E-state index < -0.39 is 15.7 Å². The van der Waals surface area contributed by atoms with Gasteiger partial charge in [0, 0.05) is 5.25 Å². The molecule has 0 saturated carbocycles. The van der Waals surface area contributed by atoms with E-state index in [1.54, 1.807) is 28.4 Å². The average Bonchev–Trinajstić information content (AvgIpc) is 2.91. The Kier molecular flexibility index (Phi) is 7.92. The number of esters is 1. The minimum absolute atomic E-state index is 0.0359. The van der Waals surface area contributed by atoms with E-state index in [0.717, 1.165) is 4.24 Å². The first kappa shape index (κ1) is 23.6. The van der Waals surface area contributed by atoms with E-state index in [1.807, 2.05) is 6.92 Å². The zero-order valence-electron chi connectivity index (χ0n) is 18.0. The molecule has 2 rings (SSSR count). The number of rotatable bonds is 10. The third kappa shape index (κ3) is 4.88. The standard InChI is InChI=1S/C20H33NO4S2Si/c1-9-10-24-18(23)15-19(26-12(4)5)27-17-14(16(22)21(15)17)13(6)25-28-20(7,8)11(2)3/h9,11-14,17H,1,10,28H2,2-8H3/t13?,14-,17+/m0/s1. The molecular weight excluding hydrogens is 410 g/mol. The molecule has 0 aromatic heterocycles. The molecular formula is C20H33NO4S2Si. The summed E-state index contributed by atoms with van der Waals surface area (Å²) >= 11 is 3.20. The molecule has 1 saturated heterocycles. The van der Waals surface area contributed by atoms with Gasteiger partial charge in [-0.2, -0.15) is 0 Å². The van der Waals surface area contributed by atoms with Crippen LogP contribution in [0.5, 0.6) is 0 Å². The molecule has 2 aliphatic rings. The van der Waals surface area contributed by atoms with Gasteiger partial charge in [0.05, 0.1) is 16.3 Å². The summed E-state index contributed by atoms with van der Waals surface area (Å²) in [5.74, 6) is -0.157. The normalized spacial score (nSPS) is 23.6. The van der Waals surface area contributed by atoms with Gasteiger partial charge in [-0.05, 0) is 17.9 Å². The van der Waals surface area contributed by atoms with Crippen LogP contribution in [0.1, 0.15) is 48.5 Å². The van der Waals surface area contributed by atoms with Gasteiger partial charge in [0.1, 0.15) is 12.0 Å². The first-order valence-electron chi connectivity index (χ1n) is 9.81. The van der Waals surface area contributed by atoms with Gasteiger partial charge in [0.2, 0.25) is 5.91 Å². The van der Waals surface area contributed by atoms with Gasteiger partial charge in [0.25, 0.3) is 0 Å². The van der Waals surface area contributed by atoms with Gasteiger partial charge >= 0.3 is 5.97 Å². The molecule has 0 aromatic rings. The van der Waals surface area contributed by atoms with Crippen LogP contribution in [-0.4, -0.2) is 49.9 Å². The summed E-state index contributed by atoms with van der Waals surface area (Å²) in [6.45, 7) is 18.8. The SMILES string of the molecule is C=CCOC(=O)C1=C(SC(C)C)S[C@@H]2[C@@H](C(C)O[SiH2]C(C)(C)C(C)C)C(=O)N12. The van der Waals surface area contributed by atoms with Crippen molar-refractivity contribution in [3.63, 3.8) is 0 Å². The van der Waals surface area contributed by atoms with E-state index in [9.17, 15) is 9.59 Å². The smallest absolute Gasteiger partial charge is 0.357 e. The molecule has 5 nitrogen and oxygen atoms in total. The molecule has 0 aromatic carbocycles. The zero-order valence-corrected chi connectivity index (χ0v) is 21.0. The number of hydrogen-bond acceptors (Lipinski definition) is 6. The molecule has 0 bridgehead atoms. The second-order valence-electron chi connectivity index (χ2n) is 8.59. The second kappa shape index (κ2) is 9.41. The molecule has 1 fully saturated rings. The summed E-state index contributed by atoms with van der Waals surface area (Å²) in [4.78, 5) is 27.1. The Morgan fingerprint density at radius 3 is 2.54 bits per heavy atom. The van der Waals surface area contributed by atoms with E-state index in [4.69, 9.17) is 9.16 Å². The molecule has 158 valence electrons. The minimum Gasteiger partial charge on any atom is -0.457 e. The highest BCUT2D eigenvalue weighted by Crippen LogP contribution is 2.55. The van der Waals surface area contributed by atoms with Gasteiger partial charge < -0.3 is 9.16 Å². The van der Waals surface area contributed by atoms with Crippen LogP contribution in [-0.2, 0) is 18.8 Å². The van der Waals surface area contributed by atoms with Crippen LogP contribution in [0, 0.1) is 11.8 Å². The summed E-state index contributed by atoms with van der Waals surface area (Å²) in [5.41, 5.74) is 0.392. The summed E-state index contributed by atoms with van der Waals surface area (Å²) in [6.07, 6.45) is 1.39. The van der Waals surface area contributed by atoms with Crippen molar-refractivity contribution < 1.29 is 18.8 Å².